The van der Waals surface area contributed by atoms with E-state index in [9.17, 15) is 19.8 Å². The van der Waals surface area contributed by atoms with Crippen molar-refractivity contribution in [1.82, 2.24) is 10.7 Å². The zero-order valence-electron chi connectivity index (χ0n) is 15.4. The number of aromatic hydroxyl groups is 2. The zero-order chi connectivity index (χ0) is 21.5. The Morgan fingerprint density at radius 1 is 1.03 bits per heavy atom. The summed E-state index contributed by atoms with van der Waals surface area (Å²) in [5, 5.41) is 27.3. The smallest absolute Gasteiger partial charge is 0.287 e. The van der Waals surface area contributed by atoms with E-state index in [-0.39, 0.29) is 27.8 Å². The summed E-state index contributed by atoms with van der Waals surface area (Å²) < 4.78 is 0. The molecule has 0 aliphatic rings. The number of rotatable bonds is 6. The van der Waals surface area contributed by atoms with E-state index in [1.807, 2.05) is 11.4 Å². The van der Waals surface area contributed by atoms with Crippen LogP contribution in [0, 0.1) is 0 Å². The van der Waals surface area contributed by atoms with Crippen molar-refractivity contribution in [3.8, 4) is 11.5 Å². The maximum atomic E-state index is 12.6. The van der Waals surface area contributed by atoms with E-state index in [0.717, 1.165) is 4.88 Å². The number of phenols is 2. The van der Waals surface area contributed by atoms with Gasteiger partial charge in [-0.25, -0.2) is 5.43 Å². The number of thiophene rings is 1. The lowest BCUT2D eigenvalue weighted by atomic mass is 10.2. The predicted molar refractivity (Wildman–Crippen MR) is 117 cm³/mol. The second kappa shape index (κ2) is 9.73. The van der Waals surface area contributed by atoms with Gasteiger partial charge in [-0.2, -0.15) is 5.10 Å². The standard InChI is InChI=1S/C21H16ClN3O4S/c22-16-6-2-1-5-15(16)20(28)24-17(11-14-4-3-9-30-14)21(29)25-23-12-13-7-8-18(26)19(27)10-13/h1-12,26-27H,(H,24,28)(H,25,29)/b17-11-,23-12?. The highest BCUT2D eigenvalue weighted by atomic mass is 35.5. The van der Waals surface area contributed by atoms with E-state index in [1.165, 1.54) is 41.8 Å². The molecule has 2 aromatic carbocycles. The van der Waals surface area contributed by atoms with Gasteiger partial charge in [0, 0.05) is 4.88 Å². The van der Waals surface area contributed by atoms with Crippen LogP contribution >= 0.6 is 22.9 Å². The fourth-order valence-electron chi connectivity index (χ4n) is 2.36. The number of amides is 2. The Labute approximate surface area is 181 Å². The molecular formula is C21H16ClN3O4S. The van der Waals surface area contributed by atoms with Gasteiger partial charge in [0.05, 0.1) is 16.8 Å². The maximum absolute atomic E-state index is 12.6. The molecule has 0 aliphatic heterocycles. The summed E-state index contributed by atoms with van der Waals surface area (Å²) in [5.41, 5.74) is 2.99. The van der Waals surface area contributed by atoms with Gasteiger partial charge in [0.25, 0.3) is 11.8 Å². The molecule has 2 amide bonds. The lowest BCUT2D eigenvalue weighted by Crippen LogP contribution is -2.32. The van der Waals surface area contributed by atoms with Crippen LogP contribution in [0.25, 0.3) is 6.08 Å². The van der Waals surface area contributed by atoms with Crippen LogP contribution < -0.4 is 10.7 Å². The SMILES string of the molecule is O=C(NN=Cc1ccc(O)c(O)c1)/C(=C/c1cccs1)NC(=O)c1ccccc1Cl. The van der Waals surface area contributed by atoms with Gasteiger partial charge in [0.2, 0.25) is 0 Å². The van der Waals surface area contributed by atoms with Gasteiger partial charge in [0.15, 0.2) is 11.5 Å². The molecule has 0 spiro atoms. The Morgan fingerprint density at radius 2 is 1.83 bits per heavy atom. The van der Waals surface area contributed by atoms with E-state index in [2.05, 4.69) is 15.8 Å². The zero-order valence-corrected chi connectivity index (χ0v) is 16.9. The van der Waals surface area contributed by atoms with Gasteiger partial charge in [-0.1, -0.05) is 29.8 Å². The quantitative estimate of drug-likeness (QED) is 0.202. The van der Waals surface area contributed by atoms with E-state index in [4.69, 9.17) is 11.6 Å². The van der Waals surface area contributed by atoms with E-state index in [1.54, 1.807) is 30.3 Å². The molecule has 0 saturated carbocycles. The van der Waals surface area contributed by atoms with Crippen LogP contribution in [-0.2, 0) is 4.79 Å². The molecule has 0 unspecified atom stereocenters. The van der Waals surface area contributed by atoms with Gasteiger partial charge >= 0.3 is 0 Å². The molecule has 0 aliphatic carbocycles. The first-order chi connectivity index (χ1) is 14.4. The Kier molecular flexibility index (Phi) is 6.84. The highest BCUT2D eigenvalue weighted by Crippen LogP contribution is 2.24. The molecular weight excluding hydrogens is 426 g/mol. The van der Waals surface area contributed by atoms with E-state index < -0.39 is 11.8 Å². The summed E-state index contributed by atoms with van der Waals surface area (Å²) >= 11 is 7.45. The van der Waals surface area contributed by atoms with Crippen LogP contribution in [0.2, 0.25) is 5.02 Å². The minimum absolute atomic E-state index is 0.0203. The summed E-state index contributed by atoms with van der Waals surface area (Å²) in [4.78, 5) is 25.9. The van der Waals surface area contributed by atoms with Crippen molar-refractivity contribution in [1.29, 1.82) is 0 Å². The van der Waals surface area contributed by atoms with Crippen molar-refractivity contribution in [2.75, 3.05) is 0 Å². The Morgan fingerprint density at radius 3 is 2.53 bits per heavy atom. The second-order valence-electron chi connectivity index (χ2n) is 5.95. The molecule has 0 radical (unpaired) electrons. The van der Waals surface area contributed by atoms with Gasteiger partial charge in [0.1, 0.15) is 5.70 Å². The van der Waals surface area contributed by atoms with Crippen molar-refractivity contribution < 1.29 is 19.8 Å². The fraction of sp³-hybridized carbons (Fsp3) is 0. The molecule has 7 nitrogen and oxygen atoms in total. The van der Waals surface area contributed by atoms with Crippen molar-refractivity contribution in [3.63, 3.8) is 0 Å². The van der Waals surface area contributed by atoms with Gasteiger partial charge < -0.3 is 15.5 Å². The average molecular weight is 442 g/mol. The first kappa shape index (κ1) is 21.1. The number of hydrogen-bond donors (Lipinski definition) is 4. The molecule has 3 rings (SSSR count). The third-order valence-corrected chi connectivity index (χ3v) is 4.97. The van der Waals surface area contributed by atoms with Crippen LogP contribution in [0.5, 0.6) is 11.5 Å². The number of nitrogens with zero attached hydrogens (tertiary/aromatic N) is 1. The van der Waals surface area contributed by atoms with Crippen LogP contribution in [0.4, 0.5) is 0 Å². The lowest BCUT2D eigenvalue weighted by Gasteiger charge is -2.09. The van der Waals surface area contributed by atoms with E-state index in [0.29, 0.717) is 5.56 Å². The molecule has 152 valence electrons. The molecule has 9 heteroatoms. The van der Waals surface area contributed by atoms with Gasteiger partial charge in [-0.05, 0) is 53.4 Å². The molecule has 0 bridgehead atoms. The molecule has 0 saturated heterocycles. The number of halogens is 1. The minimum Gasteiger partial charge on any atom is -0.504 e. The highest BCUT2D eigenvalue weighted by Gasteiger charge is 2.16. The summed E-state index contributed by atoms with van der Waals surface area (Å²) in [6.45, 7) is 0. The number of carbonyl (C=O) groups is 2. The Hall–Kier alpha value is -3.62. The van der Waals surface area contributed by atoms with Crippen LogP contribution in [0.3, 0.4) is 0 Å². The molecule has 1 heterocycles. The molecule has 3 aromatic rings. The average Bonchev–Trinajstić information content (AvgIpc) is 3.23. The van der Waals surface area contributed by atoms with Crippen LogP contribution in [0.15, 0.2) is 70.8 Å². The van der Waals surface area contributed by atoms with Gasteiger partial charge in [-0.3, -0.25) is 9.59 Å². The summed E-state index contributed by atoms with van der Waals surface area (Å²) in [5.74, 6) is -1.76. The van der Waals surface area contributed by atoms with Crippen molar-refractivity contribution in [2.24, 2.45) is 5.10 Å². The molecule has 1 aromatic heterocycles. The maximum Gasteiger partial charge on any atom is 0.287 e. The number of hydrogen-bond acceptors (Lipinski definition) is 6. The first-order valence-electron chi connectivity index (χ1n) is 8.60. The first-order valence-corrected chi connectivity index (χ1v) is 9.86. The monoisotopic (exact) mass is 441 g/mol. The van der Waals surface area contributed by atoms with Gasteiger partial charge in [-0.15, -0.1) is 11.3 Å². The number of benzene rings is 2. The summed E-state index contributed by atoms with van der Waals surface area (Å²) in [6.07, 6.45) is 2.81. The van der Waals surface area contributed by atoms with Crippen molar-refractivity contribution >= 4 is 47.0 Å². The Balaban J connectivity index is 1.77. The molecule has 30 heavy (non-hydrogen) atoms. The molecule has 0 fully saturated rings. The van der Waals surface area contributed by atoms with Crippen molar-refractivity contribution in [2.45, 2.75) is 0 Å². The minimum atomic E-state index is -0.650. The largest absolute Gasteiger partial charge is 0.504 e. The summed E-state index contributed by atoms with van der Waals surface area (Å²) in [6, 6.07) is 14.2. The number of hydrazone groups is 1. The number of nitrogens with one attached hydrogen (secondary N) is 2. The highest BCUT2D eigenvalue weighted by molar-refractivity contribution is 7.10. The topological polar surface area (TPSA) is 111 Å². The molecule has 4 N–H and O–H groups in total. The van der Waals surface area contributed by atoms with Crippen LogP contribution in [0.1, 0.15) is 20.8 Å². The lowest BCUT2D eigenvalue weighted by molar-refractivity contribution is -0.117. The summed E-state index contributed by atoms with van der Waals surface area (Å²) in [7, 11) is 0. The normalized spacial score (nSPS) is 11.4. The molecule has 0 atom stereocenters. The predicted octanol–water partition coefficient (Wildman–Crippen LogP) is 3.73. The second-order valence-corrected chi connectivity index (χ2v) is 7.34. The third-order valence-electron chi connectivity index (χ3n) is 3.82. The number of carbonyl (C=O) groups excluding carboxylic acids is 2. The van der Waals surface area contributed by atoms with E-state index >= 15 is 0 Å². The Bertz CT molecular complexity index is 1130. The fourth-order valence-corrected chi connectivity index (χ4v) is 3.23. The number of phenolic OH excluding ortho intramolecular Hbond substituents is 2. The van der Waals surface area contributed by atoms with Crippen LogP contribution in [-0.4, -0.2) is 28.2 Å². The third kappa shape index (κ3) is 5.47. The van der Waals surface area contributed by atoms with Crippen molar-refractivity contribution in [3.05, 3.63) is 86.7 Å².